The van der Waals surface area contributed by atoms with Crippen LogP contribution in [0.25, 0.3) is 22.4 Å². The Morgan fingerprint density at radius 3 is 2.94 bits per heavy atom. The molecule has 1 aromatic carbocycles. The van der Waals surface area contributed by atoms with E-state index in [2.05, 4.69) is 15.0 Å². The lowest BCUT2D eigenvalue weighted by atomic mass is 10.2. The molecule has 0 aliphatic heterocycles. The van der Waals surface area contributed by atoms with Crippen LogP contribution in [0.3, 0.4) is 0 Å². The van der Waals surface area contributed by atoms with Crippen LogP contribution in [0.4, 0.5) is 0 Å². The van der Waals surface area contributed by atoms with E-state index >= 15 is 0 Å². The van der Waals surface area contributed by atoms with Crippen LogP contribution in [0.2, 0.25) is 0 Å². The zero-order valence-corrected chi connectivity index (χ0v) is 9.31. The first-order valence-electron chi connectivity index (χ1n) is 5.35. The molecule has 0 amide bonds. The van der Waals surface area contributed by atoms with Crippen LogP contribution in [0, 0.1) is 6.92 Å². The smallest absolute Gasteiger partial charge is 0.140 e. The van der Waals surface area contributed by atoms with Gasteiger partial charge in [0.05, 0.1) is 11.0 Å². The van der Waals surface area contributed by atoms with Crippen LogP contribution in [0.5, 0.6) is 5.75 Å². The molecule has 4 heteroatoms. The average Bonchev–Trinajstić information content (AvgIpc) is 2.72. The highest BCUT2D eigenvalue weighted by Gasteiger charge is 2.08. The Morgan fingerprint density at radius 1 is 1.24 bits per heavy atom. The molecule has 0 aliphatic carbocycles. The van der Waals surface area contributed by atoms with Crippen LogP contribution in [-0.4, -0.2) is 20.1 Å². The second-order valence-electron chi connectivity index (χ2n) is 3.92. The van der Waals surface area contributed by atoms with Crippen molar-refractivity contribution in [1.29, 1.82) is 0 Å². The summed E-state index contributed by atoms with van der Waals surface area (Å²) in [5.41, 5.74) is 3.56. The number of nitrogens with zero attached hydrogens (tertiary/aromatic N) is 2. The zero-order chi connectivity index (χ0) is 11.8. The number of rotatable bonds is 1. The van der Waals surface area contributed by atoms with Crippen LogP contribution in [0.1, 0.15) is 5.69 Å². The lowest BCUT2D eigenvalue weighted by molar-refractivity contribution is 0.476. The maximum atomic E-state index is 9.40. The number of aromatic nitrogens is 3. The molecule has 3 aromatic rings. The van der Waals surface area contributed by atoms with E-state index in [1.807, 2.05) is 19.1 Å². The fourth-order valence-electron chi connectivity index (χ4n) is 1.86. The predicted octanol–water partition coefficient (Wildman–Crippen LogP) is 2.64. The number of aromatic hydroxyl groups is 1. The molecule has 4 nitrogen and oxygen atoms in total. The third-order valence-electron chi connectivity index (χ3n) is 2.73. The molecular weight excluding hydrogens is 214 g/mol. The Kier molecular flexibility index (Phi) is 2.08. The van der Waals surface area contributed by atoms with E-state index in [9.17, 15) is 5.11 Å². The van der Waals surface area contributed by atoms with Gasteiger partial charge in [0.25, 0.3) is 0 Å². The van der Waals surface area contributed by atoms with Gasteiger partial charge in [0.1, 0.15) is 11.6 Å². The minimum Gasteiger partial charge on any atom is -0.508 e. The zero-order valence-electron chi connectivity index (χ0n) is 9.31. The normalized spacial score (nSPS) is 10.9. The van der Waals surface area contributed by atoms with E-state index in [0.29, 0.717) is 0 Å². The Bertz CT molecular complexity index is 688. The first kappa shape index (κ1) is 9.84. The van der Waals surface area contributed by atoms with Gasteiger partial charge in [-0.05, 0) is 31.2 Å². The van der Waals surface area contributed by atoms with E-state index in [1.165, 1.54) is 0 Å². The van der Waals surface area contributed by atoms with Gasteiger partial charge in [-0.1, -0.05) is 0 Å². The fraction of sp³-hybridized carbons (Fsp3) is 0.0769. The summed E-state index contributed by atoms with van der Waals surface area (Å²) in [6.07, 6.45) is 1.76. The van der Waals surface area contributed by atoms with Gasteiger partial charge in [-0.2, -0.15) is 0 Å². The van der Waals surface area contributed by atoms with Crippen molar-refractivity contribution >= 4 is 11.0 Å². The number of H-pyrrole nitrogens is 1. The Hall–Kier alpha value is -2.36. The van der Waals surface area contributed by atoms with Gasteiger partial charge >= 0.3 is 0 Å². The molecule has 84 valence electrons. The third-order valence-corrected chi connectivity index (χ3v) is 2.73. The fourth-order valence-corrected chi connectivity index (χ4v) is 1.86. The molecule has 2 aromatic heterocycles. The third kappa shape index (κ3) is 1.63. The Balaban J connectivity index is 2.22. The van der Waals surface area contributed by atoms with Crippen molar-refractivity contribution in [3.05, 3.63) is 42.2 Å². The standard InChI is InChI=1S/C13H11N3O/c1-8-10(3-2-6-14-8)13-15-11-5-4-9(17)7-12(11)16-13/h2-7,17H,1H3,(H,15,16). The molecule has 0 fully saturated rings. The predicted molar refractivity (Wildman–Crippen MR) is 65.7 cm³/mol. The number of aromatic amines is 1. The molecule has 0 atom stereocenters. The summed E-state index contributed by atoms with van der Waals surface area (Å²) < 4.78 is 0. The number of aryl methyl sites for hydroxylation is 1. The summed E-state index contributed by atoms with van der Waals surface area (Å²) >= 11 is 0. The SMILES string of the molecule is Cc1ncccc1-c1nc2ccc(O)cc2[nH]1. The van der Waals surface area contributed by atoms with Crippen molar-refractivity contribution in [2.75, 3.05) is 0 Å². The number of phenolic OH excluding ortho intramolecular Hbond substituents is 1. The van der Waals surface area contributed by atoms with Gasteiger partial charge in [0.2, 0.25) is 0 Å². The van der Waals surface area contributed by atoms with Gasteiger partial charge in [0, 0.05) is 23.5 Å². The Morgan fingerprint density at radius 2 is 2.12 bits per heavy atom. The van der Waals surface area contributed by atoms with Gasteiger partial charge in [-0.3, -0.25) is 4.98 Å². The van der Waals surface area contributed by atoms with Gasteiger partial charge in [-0.15, -0.1) is 0 Å². The summed E-state index contributed by atoms with van der Waals surface area (Å²) in [4.78, 5) is 11.9. The van der Waals surface area contributed by atoms with E-state index in [4.69, 9.17) is 0 Å². The molecule has 0 aliphatic rings. The van der Waals surface area contributed by atoms with Gasteiger partial charge in [-0.25, -0.2) is 4.98 Å². The van der Waals surface area contributed by atoms with Crippen molar-refractivity contribution in [2.45, 2.75) is 6.92 Å². The quantitative estimate of drug-likeness (QED) is 0.669. The highest BCUT2D eigenvalue weighted by Crippen LogP contribution is 2.24. The summed E-state index contributed by atoms with van der Waals surface area (Å²) in [6.45, 7) is 1.94. The largest absolute Gasteiger partial charge is 0.508 e. The van der Waals surface area contributed by atoms with E-state index < -0.39 is 0 Å². The number of imidazole rings is 1. The van der Waals surface area contributed by atoms with Gasteiger partial charge in [0.15, 0.2) is 0 Å². The lowest BCUT2D eigenvalue weighted by Crippen LogP contribution is -1.87. The molecule has 2 heterocycles. The summed E-state index contributed by atoms with van der Waals surface area (Å²) in [6, 6.07) is 8.93. The van der Waals surface area contributed by atoms with Gasteiger partial charge < -0.3 is 10.1 Å². The molecule has 17 heavy (non-hydrogen) atoms. The van der Waals surface area contributed by atoms with Crippen LogP contribution < -0.4 is 0 Å². The van der Waals surface area contributed by atoms with Crippen molar-refractivity contribution in [2.24, 2.45) is 0 Å². The minimum absolute atomic E-state index is 0.232. The summed E-state index contributed by atoms with van der Waals surface area (Å²) in [5.74, 6) is 1.01. The number of hydrogen-bond acceptors (Lipinski definition) is 3. The number of hydrogen-bond donors (Lipinski definition) is 2. The number of phenols is 1. The number of benzene rings is 1. The molecule has 0 unspecified atom stereocenters. The monoisotopic (exact) mass is 225 g/mol. The summed E-state index contributed by atoms with van der Waals surface area (Å²) in [5, 5.41) is 9.40. The second-order valence-corrected chi connectivity index (χ2v) is 3.92. The molecule has 0 bridgehead atoms. The topological polar surface area (TPSA) is 61.8 Å². The first-order valence-corrected chi connectivity index (χ1v) is 5.35. The highest BCUT2D eigenvalue weighted by molar-refractivity contribution is 5.80. The van der Waals surface area contributed by atoms with E-state index in [0.717, 1.165) is 28.1 Å². The first-order chi connectivity index (χ1) is 8.24. The van der Waals surface area contributed by atoms with E-state index in [-0.39, 0.29) is 5.75 Å². The van der Waals surface area contributed by atoms with Crippen molar-refractivity contribution in [3.8, 4) is 17.1 Å². The molecule has 2 N–H and O–H groups in total. The minimum atomic E-state index is 0.232. The van der Waals surface area contributed by atoms with Crippen LogP contribution >= 0.6 is 0 Å². The molecule has 0 saturated carbocycles. The molecule has 0 spiro atoms. The number of nitrogens with one attached hydrogen (secondary N) is 1. The van der Waals surface area contributed by atoms with Crippen molar-refractivity contribution in [1.82, 2.24) is 15.0 Å². The van der Waals surface area contributed by atoms with Crippen molar-refractivity contribution in [3.63, 3.8) is 0 Å². The highest BCUT2D eigenvalue weighted by atomic mass is 16.3. The van der Waals surface area contributed by atoms with Crippen molar-refractivity contribution < 1.29 is 5.11 Å². The maximum absolute atomic E-state index is 9.40. The molecule has 3 rings (SSSR count). The summed E-state index contributed by atoms with van der Waals surface area (Å²) in [7, 11) is 0. The van der Waals surface area contributed by atoms with E-state index in [1.54, 1.807) is 24.4 Å². The number of pyridine rings is 1. The second kappa shape index (κ2) is 3.59. The molecular formula is C13H11N3O. The van der Waals surface area contributed by atoms with Crippen LogP contribution in [-0.2, 0) is 0 Å². The lowest BCUT2D eigenvalue weighted by Gasteiger charge is -1.99. The molecule has 0 radical (unpaired) electrons. The van der Waals surface area contributed by atoms with Crippen LogP contribution in [0.15, 0.2) is 36.5 Å². The average molecular weight is 225 g/mol. The number of fused-ring (bicyclic) bond motifs is 1. The maximum Gasteiger partial charge on any atom is 0.140 e. The molecule has 0 saturated heterocycles. The Labute approximate surface area is 98.0 Å².